The number of hydrogen-bond donors (Lipinski definition) is 2. The summed E-state index contributed by atoms with van der Waals surface area (Å²) in [6.45, 7) is 0. The predicted octanol–water partition coefficient (Wildman–Crippen LogP) is 2.22. The molecule has 24 heavy (non-hydrogen) atoms. The molecule has 0 fully saturated rings. The fourth-order valence-corrected chi connectivity index (χ4v) is 5.50. The highest BCUT2D eigenvalue weighted by molar-refractivity contribution is 8.09. The van der Waals surface area contributed by atoms with E-state index in [1.165, 1.54) is 42.6 Å². The lowest BCUT2D eigenvalue weighted by molar-refractivity contribution is 0.585. The molecule has 7 nitrogen and oxygen atoms in total. The predicted molar refractivity (Wildman–Crippen MR) is 92.5 cm³/mol. The summed E-state index contributed by atoms with van der Waals surface area (Å²) in [6.07, 6.45) is 1.44. The van der Waals surface area contributed by atoms with E-state index in [4.69, 9.17) is 16.7 Å². The highest BCUT2D eigenvalue weighted by Crippen LogP contribution is 2.36. The summed E-state index contributed by atoms with van der Waals surface area (Å²) < 4.78 is 50.1. The molecule has 0 spiro atoms. The number of nitrogens with one attached hydrogen (secondary N) is 1. The summed E-state index contributed by atoms with van der Waals surface area (Å²) >= 11 is 6.08. The molecule has 0 saturated carbocycles. The first-order valence-electron chi connectivity index (χ1n) is 6.62. The van der Waals surface area contributed by atoms with Gasteiger partial charge < -0.3 is 4.98 Å². The molecule has 0 amide bonds. The molecule has 0 aliphatic heterocycles. The molecule has 0 unspecified atom stereocenters. The van der Waals surface area contributed by atoms with Gasteiger partial charge in [-0.1, -0.05) is 35.9 Å². The van der Waals surface area contributed by atoms with Crippen molar-refractivity contribution in [2.75, 3.05) is 3.71 Å². The highest BCUT2D eigenvalue weighted by Gasteiger charge is 2.35. The van der Waals surface area contributed by atoms with Crippen molar-refractivity contribution in [1.82, 2.24) is 4.98 Å². The van der Waals surface area contributed by atoms with Gasteiger partial charge in [0.1, 0.15) is 0 Å². The second-order valence-corrected chi connectivity index (χ2v) is 8.72. The van der Waals surface area contributed by atoms with Crippen LogP contribution in [-0.2, 0) is 20.2 Å². The van der Waals surface area contributed by atoms with Crippen LogP contribution in [0.4, 0.5) is 5.69 Å². The van der Waals surface area contributed by atoms with Crippen LogP contribution in [0.5, 0.6) is 0 Å². The largest absolute Gasteiger partial charge is 0.360 e. The van der Waals surface area contributed by atoms with Crippen molar-refractivity contribution < 1.29 is 16.8 Å². The summed E-state index contributed by atoms with van der Waals surface area (Å²) in [5, 5.41) is 5.63. The van der Waals surface area contributed by atoms with Crippen LogP contribution in [0.25, 0.3) is 10.9 Å². The Kier molecular flexibility index (Phi) is 4.04. The first-order valence-corrected chi connectivity index (χ1v) is 9.94. The molecule has 3 aromatic rings. The van der Waals surface area contributed by atoms with Crippen LogP contribution in [0.1, 0.15) is 0 Å². The van der Waals surface area contributed by atoms with Crippen molar-refractivity contribution in [3.05, 3.63) is 59.8 Å². The van der Waals surface area contributed by atoms with E-state index in [2.05, 4.69) is 4.98 Å². The molecule has 0 radical (unpaired) electrons. The maximum absolute atomic E-state index is 12.9. The molecule has 0 atom stereocenters. The highest BCUT2D eigenvalue weighted by atomic mass is 35.5. The number of halogens is 1. The summed E-state index contributed by atoms with van der Waals surface area (Å²) in [6, 6.07) is 11.6. The average Bonchev–Trinajstić information content (AvgIpc) is 2.89. The third-order valence-electron chi connectivity index (χ3n) is 3.32. The van der Waals surface area contributed by atoms with Crippen LogP contribution in [0.15, 0.2) is 59.6 Å². The Morgan fingerprint density at radius 3 is 2.25 bits per heavy atom. The lowest BCUT2D eigenvalue weighted by atomic mass is 10.2. The van der Waals surface area contributed by atoms with E-state index >= 15 is 0 Å². The van der Waals surface area contributed by atoms with Crippen molar-refractivity contribution >= 4 is 48.4 Å². The lowest BCUT2D eigenvalue weighted by Crippen LogP contribution is -2.41. The van der Waals surface area contributed by atoms with Crippen molar-refractivity contribution in [3.8, 4) is 0 Å². The zero-order chi connectivity index (χ0) is 17.5. The standard InChI is InChI=1S/C14H12ClN3O4S2/c15-11-9-17-12-7-4-8-13(14(11)12)18(24(16,21)22)23(19,20)10-5-2-1-3-6-10/h1-9,17H,(H2,16,21,22). The van der Waals surface area contributed by atoms with Crippen LogP contribution in [-0.4, -0.2) is 21.8 Å². The minimum Gasteiger partial charge on any atom is -0.360 e. The number of nitrogens with two attached hydrogens (primary N) is 1. The molecular formula is C14H12ClN3O4S2. The summed E-state index contributed by atoms with van der Waals surface area (Å²) in [4.78, 5) is 2.63. The number of hydrogen-bond acceptors (Lipinski definition) is 4. The Labute approximate surface area is 143 Å². The molecule has 3 N–H and O–H groups in total. The number of aromatic amines is 1. The normalized spacial score (nSPS) is 12.4. The molecule has 0 aliphatic rings. The van der Waals surface area contributed by atoms with Gasteiger partial charge in [-0.3, -0.25) is 0 Å². The van der Waals surface area contributed by atoms with Crippen LogP contribution < -0.4 is 8.85 Å². The minimum absolute atomic E-state index is 0.148. The fourth-order valence-electron chi connectivity index (χ4n) is 2.37. The zero-order valence-corrected chi connectivity index (χ0v) is 14.4. The molecule has 1 aromatic heterocycles. The number of aromatic nitrogens is 1. The molecule has 0 saturated heterocycles. The van der Waals surface area contributed by atoms with Crippen LogP contribution in [0.2, 0.25) is 5.02 Å². The van der Waals surface area contributed by atoms with Gasteiger partial charge in [0.05, 0.1) is 15.6 Å². The second kappa shape index (κ2) is 5.78. The van der Waals surface area contributed by atoms with Crippen molar-refractivity contribution in [2.24, 2.45) is 5.14 Å². The van der Waals surface area contributed by atoms with Crippen LogP contribution in [0, 0.1) is 0 Å². The average molecular weight is 386 g/mol. The Balaban J connectivity index is 2.35. The molecule has 0 bridgehead atoms. The van der Waals surface area contributed by atoms with Gasteiger partial charge in [0.15, 0.2) is 0 Å². The van der Waals surface area contributed by atoms with Gasteiger partial charge in [-0.2, -0.15) is 16.8 Å². The number of benzene rings is 2. The zero-order valence-electron chi connectivity index (χ0n) is 12.0. The third kappa shape index (κ3) is 2.75. The Hall–Kier alpha value is -2.07. The van der Waals surface area contributed by atoms with Gasteiger partial charge in [-0.05, 0) is 24.3 Å². The van der Waals surface area contributed by atoms with E-state index in [-0.39, 0.29) is 24.7 Å². The number of nitrogens with zero attached hydrogens (tertiary/aromatic N) is 1. The SMILES string of the molecule is NS(=O)(=O)N(c1cccc2[nH]cc(Cl)c12)S(=O)(=O)c1ccccc1. The first kappa shape index (κ1) is 16.8. The molecule has 10 heteroatoms. The maximum atomic E-state index is 12.9. The van der Waals surface area contributed by atoms with Crippen molar-refractivity contribution in [3.63, 3.8) is 0 Å². The molecule has 0 aliphatic carbocycles. The summed E-state index contributed by atoms with van der Waals surface area (Å²) in [7, 11) is -9.09. The quantitative estimate of drug-likeness (QED) is 0.716. The second-order valence-electron chi connectivity index (χ2n) is 4.90. The molecule has 3 rings (SSSR count). The molecular weight excluding hydrogens is 374 g/mol. The van der Waals surface area contributed by atoms with E-state index in [9.17, 15) is 16.8 Å². The molecule has 126 valence electrons. The van der Waals surface area contributed by atoms with Gasteiger partial charge in [-0.15, -0.1) is 3.71 Å². The van der Waals surface area contributed by atoms with E-state index in [0.29, 0.717) is 5.52 Å². The van der Waals surface area contributed by atoms with E-state index in [0.717, 1.165) is 0 Å². The monoisotopic (exact) mass is 385 g/mol. The van der Waals surface area contributed by atoms with E-state index < -0.39 is 20.2 Å². The third-order valence-corrected chi connectivity index (χ3v) is 6.99. The molecule has 1 heterocycles. The van der Waals surface area contributed by atoms with E-state index in [1.807, 2.05) is 0 Å². The summed E-state index contributed by atoms with van der Waals surface area (Å²) in [5.41, 5.74) is 0.333. The fraction of sp³-hybridized carbons (Fsp3) is 0. The van der Waals surface area contributed by atoms with Crippen molar-refractivity contribution in [1.29, 1.82) is 0 Å². The van der Waals surface area contributed by atoms with Gasteiger partial charge in [0.25, 0.3) is 10.0 Å². The minimum atomic E-state index is -4.64. The molecule has 2 aromatic carbocycles. The number of sulfonamides is 1. The Morgan fingerprint density at radius 1 is 0.958 bits per heavy atom. The number of rotatable bonds is 4. The maximum Gasteiger partial charge on any atom is 0.312 e. The van der Waals surface area contributed by atoms with Gasteiger partial charge >= 0.3 is 10.2 Å². The Bertz CT molecular complexity index is 1110. The first-order chi connectivity index (χ1) is 11.2. The smallest absolute Gasteiger partial charge is 0.312 e. The van der Waals surface area contributed by atoms with Gasteiger partial charge in [-0.25, -0.2) is 5.14 Å². The van der Waals surface area contributed by atoms with Crippen molar-refractivity contribution in [2.45, 2.75) is 4.90 Å². The summed E-state index contributed by atoms with van der Waals surface area (Å²) in [5.74, 6) is 0. The van der Waals surface area contributed by atoms with Crippen LogP contribution in [0.3, 0.4) is 0 Å². The number of anilines is 1. The number of H-pyrrole nitrogens is 1. The van der Waals surface area contributed by atoms with Gasteiger partial charge in [0, 0.05) is 17.1 Å². The lowest BCUT2D eigenvalue weighted by Gasteiger charge is -2.22. The topological polar surface area (TPSA) is 113 Å². The Morgan fingerprint density at radius 2 is 1.62 bits per heavy atom. The van der Waals surface area contributed by atoms with Crippen LogP contribution >= 0.6 is 11.6 Å². The van der Waals surface area contributed by atoms with E-state index in [1.54, 1.807) is 12.1 Å². The van der Waals surface area contributed by atoms with Gasteiger partial charge in [0.2, 0.25) is 0 Å². The number of fused-ring (bicyclic) bond motifs is 1.